The van der Waals surface area contributed by atoms with Crippen molar-refractivity contribution >= 4 is 11.6 Å². The van der Waals surface area contributed by atoms with Crippen LogP contribution in [0.2, 0.25) is 0 Å². The maximum Gasteiger partial charge on any atom is 0.234 e. The van der Waals surface area contributed by atoms with Crippen LogP contribution >= 0.6 is 11.6 Å². The van der Waals surface area contributed by atoms with Crippen molar-refractivity contribution in [1.29, 1.82) is 0 Å². The summed E-state index contributed by atoms with van der Waals surface area (Å²) in [7, 11) is 0. The van der Waals surface area contributed by atoms with Crippen molar-refractivity contribution in [2.45, 2.75) is 31.5 Å². The second-order valence-electron chi connectivity index (χ2n) is 3.08. The quantitative estimate of drug-likeness (QED) is 0.533. The lowest BCUT2D eigenvalue weighted by Gasteiger charge is -2.17. The van der Waals surface area contributed by atoms with Crippen molar-refractivity contribution in [2.75, 3.05) is 13.2 Å². The SMILES string of the molecule is CC1(C)OCC(COC(O)Cl)O1. The molecular weight excluding hydrogens is 184 g/mol. The zero-order valence-electron chi connectivity index (χ0n) is 7.12. The highest BCUT2D eigenvalue weighted by Gasteiger charge is 2.32. The number of hydrogen-bond donors (Lipinski definition) is 1. The lowest BCUT2D eigenvalue weighted by Crippen LogP contribution is -2.25. The molecule has 0 aliphatic carbocycles. The Bertz CT molecular complexity index is 148. The number of aliphatic hydroxyl groups excluding tert-OH is 1. The molecule has 0 radical (unpaired) electrons. The number of rotatable bonds is 3. The van der Waals surface area contributed by atoms with E-state index in [1.54, 1.807) is 0 Å². The standard InChI is InChI=1S/C7H13ClO4/c1-7(2)11-4-5(12-7)3-10-6(8)9/h5-6,9H,3-4H2,1-2H3. The van der Waals surface area contributed by atoms with Gasteiger partial charge in [0.15, 0.2) is 5.79 Å². The van der Waals surface area contributed by atoms with Crippen LogP contribution in [0.3, 0.4) is 0 Å². The molecule has 0 aromatic heterocycles. The van der Waals surface area contributed by atoms with Gasteiger partial charge in [0.2, 0.25) is 5.75 Å². The molecule has 0 aromatic rings. The molecule has 0 bridgehead atoms. The number of ether oxygens (including phenoxy) is 3. The molecule has 2 unspecified atom stereocenters. The fourth-order valence-electron chi connectivity index (χ4n) is 1.03. The number of halogens is 1. The summed E-state index contributed by atoms with van der Waals surface area (Å²) in [6, 6.07) is 0. The molecule has 0 aromatic carbocycles. The zero-order valence-corrected chi connectivity index (χ0v) is 7.87. The largest absolute Gasteiger partial charge is 0.356 e. The molecule has 0 spiro atoms. The Hall–Kier alpha value is 0.130. The monoisotopic (exact) mass is 196 g/mol. The smallest absolute Gasteiger partial charge is 0.234 e. The van der Waals surface area contributed by atoms with Crippen molar-refractivity contribution in [3.8, 4) is 0 Å². The molecule has 1 N–H and O–H groups in total. The van der Waals surface area contributed by atoms with Crippen LogP contribution in [-0.2, 0) is 14.2 Å². The van der Waals surface area contributed by atoms with Crippen LogP contribution in [-0.4, -0.2) is 36.0 Å². The maximum absolute atomic E-state index is 8.59. The molecule has 2 atom stereocenters. The minimum Gasteiger partial charge on any atom is -0.356 e. The maximum atomic E-state index is 8.59. The van der Waals surface area contributed by atoms with E-state index in [0.717, 1.165) is 0 Å². The molecule has 1 aliphatic rings. The van der Waals surface area contributed by atoms with Gasteiger partial charge in [-0.25, -0.2) is 0 Å². The van der Waals surface area contributed by atoms with Gasteiger partial charge in [-0.1, -0.05) is 11.6 Å². The minimum atomic E-state index is -1.27. The molecular formula is C7H13ClO4. The topological polar surface area (TPSA) is 47.9 Å². The van der Waals surface area contributed by atoms with Gasteiger partial charge in [0.05, 0.1) is 13.2 Å². The summed E-state index contributed by atoms with van der Waals surface area (Å²) in [4.78, 5) is 0. The second kappa shape index (κ2) is 3.89. The normalized spacial score (nSPS) is 30.5. The van der Waals surface area contributed by atoms with Crippen LogP contribution < -0.4 is 0 Å². The van der Waals surface area contributed by atoms with E-state index in [4.69, 9.17) is 30.9 Å². The third-order valence-electron chi connectivity index (χ3n) is 1.49. The molecule has 0 saturated carbocycles. The minimum absolute atomic E-state index is 0.145. The lowest BCUT2D eigenvalue weighted by molar-refractivity contribution is -0.152. The molecule has 1 fully saturated rings. The second-order valence-corrected chi connectivity index (χ2v) is 3.45. The van der Waals surface area contributed by atoms with E-state index in [1.807, 2.05) is 13.8 Å². The van der Waals surface area contributed by atoms with E-state index in [9.17, 15) is 0 Å². The first-order valence-corrected chi connectivity index (χ1v) is 4.19. The van der Waals surface area contributed by atoms with E-state index in [1.165, 1.54) is 0 Å². The lowest BCUT2D eigenvalue weighted by atomic mass is 10.4. The Balaban J connectivity index is 2.20. The molecule has 1 rings (SSSR count). The summed E-state index contributed by atoms with van der Waals surface area (Å²) in [5.74, 6) is -1.82. The van der Waals surface area contributed by atoms with E-state index < -0.39 is 11.5 Å². The first-order chi connectivity index (χ1) is 5.49. The van der Waals surface area contributed by atoms with Gasteiger partial charge in [0.25, 0.3) is 0 Å². The molecule has 4 nitrogen and oxygen atoms in total. The van der Waals surface area contributed by atoms with E-state index >= 15 is 0 Å². The molecule has 0 amide bonds. The molecule has 1 aliphatic heterocycles. The average molecular weight is 197 g/mol. The Morgan fingerprint density at radius 2 is 2.42 bits per heavy atom. The van der Waals surface area contributed by atoms with Gasteiger partial charge in [-0.2, -0.15) is 0 Å². The molecule has 1 heterocycles. The summed E-state index contributed by atoms with van der Waals surface area (Å²) < 4.78 is 15.4. The summed E-state index contributed by atoms with van der Waals surface area (Å²) in [5, 5.41) is 8.59. The molecule has 5 heteroatoms. The van der Waals surface area contributed by atoms with Crippen LogP contribution in [0.15, 0.2) is 0 Å². The first kappa shape index (κ1) is 10.2. The highest BCUT2D eigenvalue weighted by atomic mass is 35.5. The predicted octanol–water partition coefficient (Wildman–Crippen LogP) is 0.669. The van der Waals surface area contributed by atoms with Crippen LogP contribution in [0.5, 0.6) is 0 Å². The third-order valence-corrected chi connectivity index (χ3v) is 1.61. The van der Waals surface area contributed by atoms with Gasteiger partial charge in [0, 0.05) is 0 Å². The van der Waals surface area contributed by atoms with Gasteiger partial charge in [-0.05, 0) is 13.8 Å². The summed E-state index contributed by atoms with van der Waals surface area (Å²) in [6.07, 6.45) is -0.145. The Morgan fingerprint density at radius 1 is 1.75 bits per heavy atom. The van der Waals surface area contributed by atoms with Crippen molar-refractivity contribution < 1.29 is 19.3 Å². The average Bonchev–Trinajstić information content (AvgIpc) is 2.26. The van der Waals surface area contributed by atoms with Gasteiger partial charge < -0.3 is 19.3 Å². The van der Waals surface area contributed by atoms with E-state index in [0.29, 0.717) is 6.61 Å². The highest BCUT2D eigenvalue weighted by molar-refractivity contribution is 6.18. The predicted molar refractivity (Wildman–Crippen MR) is 42.7 cm³/mol. The van der Waals surface area contributed by atoms with Crippen LogP contribution in [0.25, 0.3) is 0 Å². The number of alkyl halides is 1. The molecule has 72 valence electrons. The zero-order chi connectivity index (χ0) is 9.19. The van der Waals surface area contributed by atoms with Crippen LogP contribution in [0.1, 0.15) is 13.8 Å². The summed E-state index contributed by atoms with van der Waals surface area (Å²) in [5.41, 5.74) is 0. The van der Waals surface area contributed by atoms with Crippen molar-refractivity contribution in [3.05, 3.63) is 0 Å². The van der Waals surface area contributed by atoms with Crippen LogP contribution in [0, 0.1) is 0 Å². The summed E-state index contributed by atoms with van der Waals surface area (Å²) >= 11 is 5.16. The van der Waals surface area contributed by atoms with Gasteiger partial charge >= 0.3 is 0 Å². The fraction of sp³-hybridized carbons (Fsp3) is 1.00. The van der Waals surface area contributed by atoms with E-state index in [2.05, 4.69) is 0 Å². The Kier molecular flexibility index (Phi) is 3.31. The van der Waals surface area contributed by atoms with Crippen molar-refractivity contribution in [2.24, 2.45) is 0 Å². The van der Waals surface area contributed by atoms with Gasteiger partial charge in [-0.3, -0.25) is 0 Å². The first-order valence-electron chi connectivity index (χ1n) is 3.75. The Morgan fingerprint density at radius 3 is 2.83 bits per heavy atom. The van der Waals surface area contributed by atoms with Crippen LogP contribution in [0.4, 0.5) is 0 Å². The van der Waals surface area contributed by atoms with E-state index in [-0.39, 0.29) is 12.7 Å². The third kappa shape index (κ3) is 3.25. The van der Waals surface area contributed by atoms with Gasteiger partial charge in [-0.15, -0.1) is 0 Å². The fourth-order valence-corrected chi connectivity index (χ4v) is 1.10. The Labute approximate surface area is 76.4 Å². The van der Waals surface area contributed by atoms with Gasteiger partial charge in [0.1, 0.15) is 6.10 Å². The number of hydrogen-bond acceptors (Lipinski definition) is 4. The molecule has 1 saturated heterocycles. The highest BCUT2D eigenvalue weighted by Crippen LogP contribution is 2.22. The van der Waals surface area contributed by atoms with Crippen molar-refractivity contribution in [1.82, 2.24) is 0 Å². The number of aliphatic hydroxyl groups is 1. The molecule has 12 heavy (non-hydrogen) atoms. The van der Waals surface area contributed by atoms with Crippen molar-refractivity contribution in [3.63, 3.8) is 0 Å². The summed E-state index contributed by atoms with van der Waals surface area (Å²) in [6.45, 7) is 4.36.